The van der Waals surface area contributed by atoms with Crippen molar-refractivity contribution in [3.05, 3.63) is 35.1 Å². The molecule has 1 saturated carbocycles. The molecule has 0 aromatic heterocycles. The molecule has 1 aliphatic rings. The van der Waals surface area contributed by atoms with E-state index in [1.807, 2.05) is 0 Å². The van der Waals surface area contributed by atoms with E-state index in [1.165, 1.54) is 12.5 Å². The summed E-state index contributed by atoms with van der Waals surface area (Å²) in [6, 6.07) is 4.57. The third-order valence-corrected chi connectivity index (χ3v) is 3.75. The number of nitrogens with two attached hydrogens (primary N) is 1. The first-order valence-electron chi connectivity index (χ1n) is 6.41. The third kappa shape index (κ3) is 3.73. The standard InChI is InChI=1S/C14H17FN2OS/c15-12-7-10(14(16)19)4-5-11(12)8-17-13(18)6-9-2-1-3-9/h4-5,7,9H,1-3,6,8H2,(H2,16,19)(H,17,18). The Hall–Kier alpha value is -1.49. The van der Waals surface area contributed by atoms with E-state index in [9.17, 15) is 9.18 Å². The largest absolute Gasteiger partial charge is 0.389 e. The second-order valence-electron chi connectivity index (χ2n) is 4.95. The molecule has 1 fully saturated rings. The van der Waals surface area contributed by atoms with E-state index < -0.39 is 5.82 Å². The molecular formula is C14H17FN2OS. The summed E-state index contributed by atoms with van der Waals surface area (Å²) in [5.74, 6) is 0.110. The average Bonchev–Trinajstić information content (AvgIpc) is 2.32. The molecule has 3 N–H and O–H groups in total. The van der Waals surface area contributed by atoms with Crippen LogP contribution in [0.1, 0.15) is 36.8 Å². The van der Waals surface area contributed by atoms with Gasteiger partial charge in [-0.2, -0.15) is 0 Å². The molecular weight excluding hydrogens is 263 g/mol. The van der Waals surface area contributed by atoms with Gasteiger partial charge in [0, 0.05) is 24.1 Å². The smallest absolute Gasteiger partial charge is 0.220 e. The first kappa shape index (κ1) is 13.9. The number of thiocarbonyl (C=S) groups is 1. The molecule has 0 heterocycles. The Kier molecular flexibility index (Phi) is 4.47. The molecule has 1 aromatic rings. The molecule has 5 heteroatoms. The quantitative estimate of drug-likeness (QED) is 0.814. The Labute approximate surface area is 117 Å². The summed E-state index contributed by atoms with van der Waals surface area (Å²) in [5.41, 5.74) is 6.37. The fourth-order valence-electron chi connectivity index (χ4n) is 2.07. The lowest BCUT2D eigenvalue weighted by molar-refractivity contribution is -0.122. The van der Waals surface area contributed by atoms with Gasteiger partial charge in [-0.3, -0.25) is 4.79 Å². The van der Waals surface area contributed by atoms with E-state index in [2.05, 4.69) is 5.32 Å². The lowest BCUT2D eigenvalue weighted by Gasteiger charge is -2.24. The Morgan fingerprint density at radius 1 is 1.47 bits per heavy atom. The van der Waals surface area contributed by atoms with E-state index in [-0.39, 0.29) is 17.4 Å². The highest BCUT2D eigenvalue weighted by atomic mass is 32.1. The Bertz CT molecular complexity index is 500. The highest BCUT2D eigenvalue weighted by molar-refractivity contribution is 7.80. The Morgan fingerprint density at radius 2 is 2.21 bits per heavy atom. The van der Waals surface area contributed by atoms with Gasteiger partial charge in [-0.1, -0.05) is 30.8 Å². The van der Waals surface area contributed by atoms with Crippen molar-refractivity contribution in [3.8, 4) is 0 Å². The molecule has 0 atom stereocenters. The van der Waals surface area contributed by atoms with Gasteiger partial charge < -0.3 is 11.1 Å². The van der Waals surface area contributed by atoms with Crippen LogP contribution >= 0.6 is 12.2 Å². The van der Waals surface area contributed by atoms with Crippen molar-refractivity contribution in [3.63, 3.8) is 0 Å². The number of amides is 1. The second-order valence-corrected chi connectivity index (χ2v) is 5.39. The monoisotopic (exact) mass is 280 g/mol. The summed E-state index contributed by atoms with van der Waals surface area (Å²) >= 11 is 4.78. The lowest BCUT2D eigenvalue weighted by atomic mass is 9.83. The number of nitrogens with one attached hydrogen (secondary N) is 1. The lowest BCUT2D eigenvalue weighted by Crippen LogP contribution is -2.27. The molecule has 1 aliphatic carbocycles. The van der Waals surface area contributed by atoms with Crippen molar-refractivity contribution in [2.45, 2.75) is 32.2 Å². The van der Waals surface area contributed by atoms with Crippen molar-refractivity contribution in [1.29, 1.82) is 0 Å². The third-order valence-electron chi connectivity index (χ3n) is 3.51. The molecule has 102 valence electrons. The number of hydrogen-bond donors (Lipinski definition) is 2. The Morgan fingerprint density at radius 3 is 2.74 bits per heavy atom. The maximum absolute atomic E-state index is 13.7. The van der Waals surface area contributed by atoms with Gasteiger partial charge in [-0.25, -0.2) is 4.39 Å². The maximum atomic E-state index is 13.7. The zero-order chi connectivity index (χ0) is 13.8. The molecule has 0 bridgehead atoms. The fourth-order valence-corrected chi connectivity index (χ4v) is 2.20. The molecule has 3 nitrogen and oxygen atoms in total. The first-order valence-corrected chi connectivity index (χ1v) is 6.82. The van der Waals surface area contributed by atoms with E-state index in [0.29, 0.717) is 23.5 Å². The molecule has 1 aromatic carbocycles. The van der Waals surface area contributed by atoms with Crippen LogP contribution in [0.3, 0.4) is 0 Å². The van der Waals surface area contributed by atoms with E-state index in [1.54, 1.807) is 12.1 Å². The maximum Gasteiger partial charge on any atom is 0.220 e. The van der Waals surface area contributed by atoms with Crippen molar-refractivity contribution >= 4 is 23.1 Å². The minimum atomic E-state index is -0.394. The predicted octanol–water partition coefficient (Wildman–Crippen LogP) is 2.27. The summed E-state index contributed by atoms with van der Waals surface area (Å²) in [7, 11) is 0. The highest BCUT2D eigenvalue weighted by Crippen LogP contribution is 2.29. The topological polar surface area (TPSA) is 55.1 Å². The van der Waals surface area contributed by atoms with Crippen LogP contribution in [0.25, 0.3) is 0 Å². The minimum Gasteiger partial charge on any atom is -0.389 e. The van der Waals surface area contributed by atoms with Crippen LogP contribution in [0.15, 0.2) is 18.2 Å². The summed E-state index contributed by atoms with van der Waals surface area (Å²) in [6.07, 6.45) is 4.02. The summed E-state index contributed by atoms with van der Waals surface area (Å²) < 4.78 is 13.7. The van der Waals surface area contributed by atoms with Crippen molar-refractivity contribution in [2.24, 2.45) is 11.7 Å². The number of hydrogen-bond acceptors (Lipinski definition) is 2. The molecule has 1 amide bonds. The van der Waals surface area contributed by atoms with Crippen molar-refractivity contribution < 1.29 is 9.18 Å². The van der Waals surface area contributed by atoms with Crippen LogP contribution in [0, 0.1) is 11.7 Å². The van der Waals surface area contributed by atoms with Crippen LogP contribution in [0.5, 0.6) is 0 Å². The molecule has 0 aliphatic heterocycles. The molecule has 19 heavy (non-hydrogen) atoms. The van der Waals surface area contributed by atoms with Crippen molar-refractivity contribution in [1.82, 2.24) is 5.32 Å². The van der Waals surface area contributed by atoms with Crippen LogP contribution in [0.2, 0.25) is 0 Å². The van der Waals surface area contributed by atoms with Gasteiger partial charge in [0.1, 0.15) is 10.8 Å². The van der Waals surface area contributed by atoms with Crippen LogP contribution < -0.4 is 11.1 Å². The van der Waals surface area contributed by atoms with E-state index in [4.69, 9.17) is 18.0 Å². The number of halogens is 1. The predicted molar refractivity (Wildman–Crippen MR) is 76.1 cm³/mol. The van der Waals surface area contributed by atoms with Crippen LogP contribution in [0.4, 0.5) is 4.39 Å². The number of benzene rings is 1. The van der Waals surface area contributed by atoms with Gasteiger partial charge in [0.15, 0.2) is 0 Å². The second kappa shape index (κ2) is 6.10. The zero-order valence-corrected chi connectivity index (χ0v) is 11.4. The van der Waals surface area contributed by atoms with Gasteiger partial charge in [-0.05, 0) is 24.8 Å². The van der Waals surface area contributed by atoms with E-state index in [0.717, 1.165) is 12.8 Å². The van der Waals surface area contributed by atoms with Gasteiger partial charge >= 0.3 is 0 Å². The average molecular weight is 280 g/mol. The fraction of sp³-hybridized carbons (Fsp3) is 0.429. The summed E-state index contributed by atoms with van der Waals surface area (Å²) in [5, 5.41) is 2.74. The van der Waals surface area contributed by atoms with Gasteiger partial charge in [0.25, 0.3) is 0 Å². The van der Waals surface area contributed by atoms with Gasteiger partial charge in [0.2, 0.25) is 5.91 Å². The van der Waals surface area contributed by atoms with Crippen molar-refractivity contribution in [2.75, 3.05) is 0 Å². The molecule has 0 radical (unpaired) electrons. The zero-order valence-electron chi connectivity index (χ0n) is 10.6. The molecule has 0 spiro atoms. The van der Waals surface area contributed by atoms with Crippen LogP contribution in [-0.2, 0) is 11.3 Å². The Balaban J connectivity index is 1.88. The van der Waals surface area contributed by atoms with Gasteiger partial charge in [-0.15, -0.1) is 0 Å². The number of rotatable bonds is 5. The molecule has 2 rings (SSSR count). The molecule has 0 saturated heterocycles. The first-order chi connectivity index (χ1) is 9.06. The SMILES string of the molecule is NC(=S)c1ccc(CNC(=O)CC2CCC2)c(F)c1. The number of carbonyl (C=O) groups is 1. The summed E-state index contributed by atoms with van der Waals surface area (Å²) in [4.78, 5) is 11.8. The van der Waals surface area contributed by atoms with E-state index >= 15 is 0 Å². The summed E-state index contributed by atoms with van der Waals surface area (Å²) in [6.45, 7) is 0.203. The highest BCUT2D eigenvalue weighted by Gasteiger charge is 2.20. The number of carbonyl (C=O) groups excluding carboxylic acids is 1. The van der Waals surface area contributed by atoms with Crippen LogP contribution in [-0.4, -0.2) is 10.9 Å². The normalized spacial score (nSPS) is 14.8. The molecule has 0 unspecified atom stereocenters. The minimum absolute atomic E-state index is 0.0116. The van der Waals surface area contributed by atoms with Gasteiger partial charge in [0.05, 0.1) is 0 Å².